The molecule has 1 aliphatic rings. The molecular formula is C12H12FN5O4. The summed E-state index contributed by atoms with van der Waals surface area (Å²) in [4.78, 5) is 21.7. The third-order valence-corrected chi connectivity index (χ3v) is 3.55. The Bertz CT molecular complexity index is 827. The molecular weight excluding hydrogens is 297 g/mol. The van der Waals surface area contributed by atoms with Crippen molar-refractivity contribution < 1.29 is 19.3 Å². The molecule has 1 aliphatic heterocycles. The molecule has 0 aliphatic carbocycles. The monoisotopic (exact) mass is 309 g/mol. The summed E-state index contributed by atoms with van der Waals surface area (Å²) in [6.45, 7) is -0.631. The zero-order valence-electron chi connectivity index (χ0n) is 11.1. The number of halogens is 1. The number of alkyl halides is 1. The largest absolute Gasteiger partial charge is 0.394 e. The van der Waals surface area contributed by atoms with E-state index in [1.54, 1.807) is 0 Å². The molecule has 1 fully saturated rings. The Kier molecular flexibility index (Phi) is 3.13. The Morgan fingerprint density at radius 1 is 1.68 bits per heavy atom. The van der Waals surface area contributed by atoms with Crippen LogP contribution >= 0.6 is 0 Å². The molecule has 0 bridgehead atoms. The number of ether oxygens (including phenoxy) is 1. The van der Waals surface area contributed by atoms with Crippen molar-refractivity contribution >= 4 is 17.1 Å². The molecule has 4 atom stereocenters. The average molecular weight is 309 g/mol. The molecule has 3 rings (SSSR count). The van der Waals surface area contributed by atoms with Gasteiger partial charge in [-0.05, 0) is 0 Å². The van der Waals surface area contributed by atoms with E-state index in [9.17, 15) is 14.3 Å². The van der Waals surface area contributed by atoms with Crippen LogP contribution in [0.3, 0.4) is 0 Å². The van der Waals surface area contributed by atoms with Gasteiger partial charge in [-0.1, -0.05) is 5.92 Å². The smallest absolute Gasteiger partial charge is 0.280 e. The summed E-state index contributed by atoms with van der Waals surface area (Å²) in [6, 6.07) is 0. The first-order valence-corrected chi connectivity index (χ1v) is 6.25. The predicted octanol–water partition coefficient (Wildman–Crippen LogP) is -1.71. The second kappa shape index (κ2) is 4.77. The van der Waals surface area contributed by atoms with Crippen molar-refractivity contribution in [1.82, 2.24) is 19.5 Å². The van der Waals surface area contributed by atoms with Crippen LogP contribution in [0.15, 0.2) is 11.1 Å². The molecule has 0 saturated carbocycles. The number of aromatic nitrogens is 4. The molecule has 0 unspecified atom stereocenters. The molecule has 2 aromatic rings. The summed E-state index contributed by atoms with van der Waals surface area (Å²) in [5, 5.41) is 19.1. The van der Waals surface area contributed by atoms with Gasteiger partial charge >= 0.3 is 0 Å². The number of aliphatic hydroxyl groups is 2. The van der Waals surface area contributed by atoms with E-state index in [1.165, 1.54) is 0 Å². The third kappa shape index (κ3) is 1.80. The van der Waals surface area contributed by atoms with Crippen LogP contribution in [0.2, 0.25) is 0 Å². The van der Waals surface area contributed by atoms with Crippen LogP contribution in [0, 0.1) is 12.3 Å². The standard InChI is InChI=1S/C12H12FN5O4/c1-2-12(13)7(20)5(3-19)22-10(12)18-4-15-6-8(18)16-11(14)17-9(6)21/h1,4-5,7,10,19-20H,3H2,(H3,14,16,17,21)/t5-,7-,10-,12-/m1/s1. The first-order valence-electron chi connectivity index (χ1n) is 6.25. The van der Waals surface area contributed by atoms with E-state index in [1.807, 2.05) is 5.92 Å². The zero-order valence-corrected chi connectivity index (χ0v) is 11.1. The van der Waals surface area contributed by atoms with Gasteiger partial charge in [-0.15, -0.1) is 6.42 Å². The second-order valence-electron chi connectivity index (χ2n) is 4.84. The summed E-state index contributed by atoms with van der Waals surface area (Å²) in [5.41, 5.74) is 2.10. The Balaban J connectivity index is 2.19. The van der Waals surface area contributed by atoms with Crippen LogP contribution in [-0.4, -0.2) is 54.2 Å². The number of H-pyrrole nitrogens is 1. The highest BCUT2D eigenvalue weighted by atomic mass is 19.1. The lowest BCUT2D eigenvalue weighted by molar-refractivity contribution is -0.0504. The number of anilines is 1. The minimum absolute atomic E-state index is 0.0469. The van der Waals surface area contributed by atoms with Crippen LogP contribution < -0.4 is 11.3 Å². The first kappa shape index (κ1) is 14.5. The van der Waals surface area contributed by atoms with Gasteiger partial charge in [0.25, 0.3) is 5.56 Å². The molecule has 0 spiro atoms. The SMILES string of the molecule is C#C[C@@]1(F)[C@H](O)[C@@H](CO)O[C@H]1n1cnc2c(=O)[nH]c(N)nc21. The molecule has 0 aromatic carbocycles. The van der Waals surface area contributed by atoms with E-state index in [0.29, 0.717) is 0 Å². The molecule has 9 nitrogen and oxygen atoms in total. The van der Waals surface area contributed by atoms with Crippen molar-refractivity contribution in [3.63, 3.8) is 0 Å². The van der Waals surface area contributed by atoms with Crippen LogP contribution in [-0.2, 0) is 4.74 Å². The zero-order chi connectivity index (χ0) is 16.1. The predicted molar refractivity (Wildman–Crippen MR) is 72.2 cm³/mol. The minimum Gasteiger partial charge on any atom is -0.394 e. The fourth-order valence-corrected chi connectivity index (χ4v) is 2.44. The van der Waals surface area contributed by atoms with Crippen molar-refractivity contribution in [2.24, 2.45) is 0 Å². The lowest BCUT2D eigenvalue weighted by Crippen LogP contribution is -2.42. The van der Waals surface area contributed by atoms with E-state index in [4.69, 9.17) is 22.0 Å². The summed E-state index contributed by atoms with van der Waals surface area (Å²) < 4.78 is 21.3. The lowest BCUT2D eigenvalue weighted by atomic mass is 9.97. The maximum Gasteiger partial charge on any atom is 0.280 e. The van der Waals surface area contributed by atoms with Crippen molar-refractivity contribution in [2.45, 2.75) is 24.1 Å². The molecule has 10 heteroatoms. The van der Waals surface area contributed by atoms with Gasteiger partial charge in [0.15, 0.2) is 17.4 Å². The number of nitrogen functional groups attached to an aromatic ring is 1. The minimum atomic E-state index is -2.62. The van der Waals surface area contributed by atoms with Gasteiger partial charge in [0.2, 0.25) is 11.6 Å². The van der Waals surface area contributed by atoms with Gasteiger partial charge in [0.1, 0.15) is 12.2 Å². The summed E-state index contributed by atoms with van der Waals surface area (Å²) >= 11 is 0. The number of terminal acetylenes is 1. The second-order valence-corrected chi connectivity index (χ2v) is 4.84. The number of imidazole rings is 1. The van der Waals surface area contributed by atoms with E-state index >= 15 is 0 Å². The van der Waals surface area contributed by atoms with Crippen LogP contribution in [0.4, 0.5) is 10.3 Å². The van der Waals surface area contributed by atoms with E-state index in [0.717, 1.165) is 10.9 Å². The maximum atomic E-state index is 14.9. The number of rotatable bonds is 2. The van der Waals surface area contributed by atoms with Gasteiger partial charge in [0, 0.05) is 0 Å². The fraction of sp³-hybridized carbons (Fsp3) is 0.417. The van der Waals surface area contributed by atoms with Crippen LogP contribution in [0.1, 0.15) is 6.23 Å². The number of fused-ring (bicyclic) bond motifs is 1. The molecule has 0 radical (unpaired) electrons. The van der Waals surface area contributed by atoms with Gasteiger partial charge in [-0.3, -0.25) is 14.3 Å². The Morgan fingerprint density at radius 3 is 3.05 bits per heavy atom. The highest BCUT2D eigenvalue weighted by Crippen LogP contribution is 2.41. The van der Waals surface area contributed by atoms with E-state index < -0.39 is 36.3 Å². The van der Waals surface area contributed by atoms with Crippen molar-refractivity contribution in [2.75, 3.05) is 12.3 Å². The van der Waals surface area contributed by atoms with Crippen LogP contribution in [0.25, 0.3) is 11.2 Å². The van der Waals surface area contributed by atoms with Crippen LogP contribution in [0.5, 0.6) is 0 Å². The van der Waals surface area contributed by atoms with Crippen molar-refractivity contribution in [3.05, 3.63) is 16.7 Å². The highest BCUT2D eigenvalue weighted by Gasteiger charge is 2.57. The topological polar surface area (TPSA) is 139 Å². The molecule has 116 valence electrons. The molecule has 0 amide bonds. The van der Waals surface area contributed by atoms with Crippen molar-refractivity contribution in [1.29, 1.82) is 0 Å². The molecule has 5 N–H and O–H groups in total. The summed E-state index contributed by atoms with van der Waals surface area (Å²) in [7, 11) is 0. The number of nitrogens with one attached hydrogen (secondary N) is 1. The summed E-state index contributed by atoms with van der Waals surface area (Å²) in [5.74, 6) is 1.65. The van der Waals surface area contributed by atoms with E-state index in [-0.39, 0.29) is 17.1 Å². The quantitative estimate of drug-likeness (QED) is 0.484. The highest BCUT2D eigenvalue weighted by molar-refractivity contribution is 5.70. The van der Waals surface area contributed by atoms with Crippen molar-refractivity contribution in [3.8, 4) is 12.3 Å². The summed E-state index contributed by atoms with van der Waals surface area (Å²) in [6.07, 6.45) is 1.81. The molecule has 22 heavy (non-hydrogen) atoms. The Labute approximate surface area is 122 Å². The number of aliphatic hydroxyl groups excluding tert-OH is 2. The Hall–Kier alpha value is -2.48. The first-order chi connectivity index (χ1) is 10.4. The normalized spacial score (nSPS) is 31.5. The number of hydrogen-bond acceptors (Lipinski definition) is 7. The number of nitrogens with zero attached hydrogens (tertiary/aromatic N) is 3. The average Bonchev–Trinajstić information content (AvgIpc) is 3.00. The maximum absolute atomic E-state index is 14.9. The van der Waals surface area contributed by atoms with Gasteiger partial charge in [-0.2, -0.15) is 4.98 Å². The van der Waals surface area contributed by atoms with E-state index in [2.05, 4.69) is 15.0 Å². The van der Waals surface area contributed by atoms with Gasteiger partial charge in [0.05, 0.1) is 12.9 Å². The lowest BCUT2D eigenvalue weighted by Gasteiger charge is -2.23. The number of hydrogen-bond donors (Lipinski definition) is 4. The Morgan fingerprint density at radius 2 is 2.41 bits per heavy atom. The third-order valence-electron chi connectivity index (χ3n) is 3.55. The van der Waals surface area contributed by atoms with Gasteiger partial charge in [-0.25, -0.2) is 9.37 Å². The fourth-order valence-electron chi connectivity index (χ4n) is 2.44. The molecule has 1 saturated heterocycles. The molecule has 2 aromatic heterocycles. The number of nitrogens with two attached hydrogens (primary N) is 1. The molecule has 3 heterocycles. The number of aromatic amines is 1. The van der Waals surface area contributed by atoms with Gasteiger partial charge < -0.3 is 20.7 Å².